The smallest absolute Gasteiger partial charge is 0.259 e. The lowest BCUT2D eigenvalue weighted by atomic mass is 9.95. The normalized spacial score (nSPS) is 14.0. The molecule has 0 unspecified atom stereocenters. The quantitative estimate of drug-likeness (QED) is 0.513. The molecule has 5 heteroatoms. The summed E-state index contributed by atoms with van der Waals surface area (Å²) in [5.41, 5.74) is 3.50. The highest BCUT2D eigenvalue weighted by Crippen LogP contribution is 2.41. The molecule has 1 amide bonds. The number of aryl methyl sites for hydroxylation is 2. The number of ether oxygens (including phenoxy) is 1. The Labute approximate surface area is 165 Å². The van der Waals surface area contributed by atoms with Crippen LogP contribution in [0.5, 0.6) is 5.75 Å². The third kappa shape index (κ3) is 4.17. The first-order valence-corrected chi connectivity index (χ1v) is 10.2. The molecule has 1 heterocycles. The molecular weight excluding hydrogens is 356 g/mol. The van der Waals surface area contributed by atoms with Gasteiger partial charge in [-0.05, 0) is 60.4 Å². The molecule has 1 aliphatic carbocycles. The third-order valence-corrected chi connectivity index (χ3v) is 6.42. The molecule has 2 aromatic rings. The summed E-state index contributed by atoms with van der Waals surface area (Å²) >= 11 is 1.47. The zero-order valence-corrected chi connectivity index (χ0v) is 17.3. The molecule has 0 atom stereocenters. The number of methoxy groups -OCH3 is 1. The molecule has 4 nitrogen and oxygen atoms in total. The number of carbonyl (C=O) groups excluding carboxylic acids is 1. The number of fused-ring (bicyclic) bond motifs is 1. The van der Waals surface area contributed by atoms with Crippen LogP contribution in [-0.2, 0) is 18.3 Å². The molecule has 27 heavy (non-hydrogen) atoms. The first kappa shape index (κ1) is 19.4. The van der Waals surface area contributed by atoms with Gasteiger partial charge in [-0.25, -0.2) is 4.85 Å². The number of thiophene rings is 1. The van der Waals surface area contributed by atoms with E-state index >= 15 is 0 Å². The van der Waals surface area contributed by atoms with Crippen LogP contribution in [0.4, 0.5) is 10.7 Å². The summed E-state index contributed by atoms with van der Waals surface area (Å²) in [4.78, 5) is 17.7. The maximum absolute atomic E-state index is 13.0. The Kier molecular flexibility index (Phi) is 5.57. The van der Waals surface area contributed by atoms with Crippen LogP contribution in [0, 0.1) is 6.57 Å². The molecule has 0 saturated heterocycles. The summed E-state index contributed by atoms with van der Waals surface area (Å²) in [5, 5.41) is 3.56. The first-order valence-electron chi connectivity index (χ1n) is 9.36. The van der Waals surface area contributed by atoms with Crippen LogP contribution in [0.15, 0.2) is 18.2 Å². The molecule has 0 spiro atoms. The second kappa shape index (κ2) is 7.74. The second-order valence-electron chi connectivity index (χ2n) is 8.02. The first-order chi connectivity index (χ1) is 12.8. The van der Waals surface area contributed by atoms with Gasteiger partial charge >= 0.3 is 0 Å². The largest absolute Gasteiger partial charge is 0.496 e. The zero-order valence-electron chi connectivity index (χ0n) is 16.4. The van der Waals surface area contributed by atoms with Gasteiger partial charge in [0.25, 0.3) is 5.91 Å². The van der Waals surface area contributed by atoms with E-state index in [2.05, 4.69) is 30.9 Å². The fourth-order valence-corrected chi connectivity index (χ4v) is 4.43. The van der Waals surface area contributed by atoms with Crippen LogP contribution in [-0.4, -0.2) is 13.0 Å². The van der Waals surface area contributed by atoms with Gasteiger partial charge in [0, 0.05) is 4.88 Å². The summed E-state index contributed by atoms with van der Waals surface area (Å²) in [7, 11) is 1.60. The predicted molar refractivity (Wildman–Crippen MR) is 111 cm³/mol. The summed E-state index contributed by atoms with van der Waals surface area (Å²) in [6, 6.07) is 5.87. The van der Waals surface area contributed by atoms with E-state index in [1.807, 2.05) is 18.2 Å². The molecular formula is C22H26N2O2S. The van der Waals surface area contributed by atoms with Crippen LogP contribution in [0.25, 0.3) is 4.85 Å². The zero-order chi connectivity index (χ0) is 19.6. The number of hydrogen-bond donors (Lipinski definition) is 1. The minimum Gasteiger partial charge on any atom is -0.496 e. The van der Waals surface area contributed by atoms with Crippen LogP contribution in [0.1, 0.15) is 66.4 Å². The standard InChI is InChI=1S/C22H26N2O2S/c1-22(2,3)19-13-17(23-4)21(27-19)24-20(25)16-11-14-9-7-6-8-10-15(14)12-18(16)26-5/h11-13H,6-10H2,1-3,5H3,(H,24,25). The SMILES string of the molecule is [C-]#[N+]c1cc(C(C)(C)C)sc1NC(=O)c1cc2c(cc1OC)CCCCC2. The lowest BCUT2D eigenvalue weighted by Crippen LogP contribution is -2.14. The molecule has 0 bridgehead atoms. The molecule has 3 rings (SSSR count). The van der Waals surface area contributed by atoms with Gasteiger partial charge in [-0.2, -0.15) is 0 Å². The van der Waals surface area contributed by atoms with Gasteiger partial charge in [-0.15, -0.1) is 11.3 Å². The monoisotopic (exact) mass is 382 g/mol. The van der Waals surface area contributed by atoms with Gasteiger partial charge in [-0.3, -0.25) is 4.79 Å². The van der Waals surface area contributed by atoms with Crippen molar-refractivity contribution in [1.82, 2.24) is 0 Å². The van der Waals surface area contributed by atoms with Crippen molar-refractivity contribution < 1.29 is 9.53 Å². The maximum atomic E-state index is 13.0. The number of nitrogens with zero attached hydrogens (tertiary/aromatic N) is 1. The molecule has 142 valence electrons. The Morgan fingerprint density at radius 1 is 1.15 bits per heavy atom. The van der Waals surface area contributed by atoms with Gasteiger partial charge in [0.2, 0.25) is 5.69 Å². The van der Waals surface area contributed by atoms with Gasteiger partial charge in [0.15, 0.2) is 0 Å². The lowest BCUT2D eigenvalue weighted by molar-refractivity contribution is 0.102. The van der Waals surface area contributed by atoms with E-state index < -0.39 is 0 Å². The molecule has 0 radical (unpaired) electrons. The minimum absolute atomic E-state index is 0.0607. The fraction of sp³-hybridized carbons (Fsp3) is 0.455. The second-order valence-corrected chi connectivity index (χ2v) is 9.08. The predicted octanol–water partition coefficient (Wildman–Crippen LogP) is 6.13. The summed E-state index contributed by atoms with van der Waals surface area (Å²) in [6.45, 7) is 13.7. The Morgan fingerprint density at radius 3 is 2.41 bits per heavy atom. The van der Waals surface area contributed by atoms with Crippen molar-refractivity contribution in [2.45, 2.75) is 58.3 Å². The van der Waals surface area contributed by atoms with Crippen molar-refractivity contribution in [3.8, 4) is 5.75 Å². The Balaban J connectivity index is 1.94. The van der Waals surface area contributed by atoms with Crippen LogP contribution >= 0.6 is 11.3 Å². The van der Waals surface area contributed by atoms with Gasteiger partial charge in [-0.1, -0.05) is 27.2 Å². The van der Waals surface area contributed by atoms with Crippen molar-refractivity contribution >= 4 is 27.9 Å². The average Bonchev–Trinajstić information content (AvgIpc) is 2.90. The molecule has 1 aromatic carbocycles. The number of amides is 1. The topological polar surface area (TPSA) is 42.7 Å². The Hall–Kier alpha value is -2.32. The van der Waals surface area contributed by atoms with Crippen molar-refractivity contribution in [2.75, 3.05) is 12.4 Å². The molecule has 0 aliphatic heterocycles. The van der Waals surface area contributed by atoms with Crippen LogP contribution in [0.2, 0.25) is 0 Å². The van der Waals surface area contributed by atoms with Crippen molar-refractivity contribution in [1.29, 1.82) is 0 Å². The van der Waals surface area contributed by atoms with E-state index in [9.17, 15) is 4.79 Å². The van der Waals surface area contributed by atoms with Crippen molar-refractivity contribution in [2.24, 2.45) is 0 Å². The molecule has 1 N–H and O–H groups in total. The average molecular weight is 383 g/mol. The van der Waals surface area contributed by atoms with Gasteiger partial charge in [0.05, 0.1) is 19.2 Å². The number of anilines is 1. The molecule has 0 saturated carbocycles. The van der Waals surface area contributed by atoms with E-state index in [1.54, 1.807) is 7.11 Å². The van der Waals surface area contributed by atoms with Crippen LogP contribution < -0.4 is 10.1 Å². The number of hydrogen-bond acceptors (Lipinski definition) is 3. The van der Waals surface area contributed by atoms with E-state index in [0.717, 1.165) is 24.1 Å². The van der Waals surface area contributed by atoms with Crippen molar-refractivity contribution in [3.63, 3.8) is 0 Å². The summed E-state index contributed by atoms with van der Waals surface area (Å²) < 4.78 is 5.51. The highest BCUT2D eigenvalue weighted by atomic mass is 32.1. The van der Waals surface area contributed by atoms with Gasteiger partial charge in [0.1, 0.15) is 10.8 Å². The van der Waals surface area contributed by atoms with E-state index in [1.165, 1.54) is 35.3 Å². The lowest BCUT2D eigenvalue weighted by Gasteiger charge is -2.16. The van der Waals surface area contributed by atoms with E-state index in [-0.39, 0.29) is 11.3 Å². The maximum Gasteiger partial charge on any atom is 0.259 e. The van der Waals surface area contributed by atoms with Crippen molar-refractivity contribution in [3.05, 3.63) is 51.2 Å². The summed E-state index contributed by atoms with van der Waals surface area (Å²) in [5.74, 6) is 0.385. The Bertz CT molecular complexity index is 900. The highest BCUT2D eigenvalue weighted by Gasteiger charge is 2.23. The summed E-state index contributed by atoms with van der Waals surface area (Å²) in [6.07, 6.45) is 5.59. The molecule has 0 fully saturated rings. The molecule has 1 aromatic heterocycles. The number of nitrogens with one attached hydrogen (secondary N) is 1. The number of benzene rings is 1. The minimum atomic E-state index is -0.217. The highest BCUT2D eigenvalue weighted by molar-refractivity contribution is 7.17. The number of carbonyl (C=O) groups is 1. The van der Waals surface area contributed by atoms with Gasteiger partial charge < -0.3 is 10.1 Å². The molecule has 1 aliphatic rings. The Morgan fingerprint density at radius 2 is 1.81 bits per heavy atom. The van der Waals surface area contributed by atoms with E-state index in [0.29, 0.717) is 22.0 Å². The number of rotatable bonds is 3. The third-order valence-electron chi connectivity index (χ3n) is 4.96. The van der Waals surface area contributed by atoms with E-state index in [4.69, 9.17) is 11.3 Å². The van der Waals surface area contributed by atoms with Crippen LogP contribution in [0.3, 0.4) is 0 Å². The fourth-order valence-electron chi connectivity index (χ4n) is 3.38.